The molecule has 1 saturated heterocycles. The maximum Gasteiger partial charge on any atom is 0.191 e. The minimum absolute atomic E-state index is 0.742. The van der Waals surface area contributed by atoms with Crippen LogP contribution in [0.15, 0.2) is 52.2 Å². The van der Waals surface area contributed by atoms with E-state index in [1.807, 2.05) is 0 Å². The molecule has 0 saturated carbocycles. The summed E-state index contributed by atoms with van der Waals surface area (Å²) in [7, 11) is 0. The highest BCUT2D eigenvalue weighted by Gasteiger charge is 2.16. The smallest absolute Gasteiger partial charge is 0.191 e. The van der Waals surface area contributed by atoms with Crippen molar-refractivity contribution in [2.45, 2.75) is 32.9 Å². The minimum atomic E-state index is 0.742. The van der Waals surface area contributed by atoms with E-state index in [1.165, 1.54) is 56.7 Å². The number of hydrogen-bond acceptors (Lipinski definition) is 4. The van der Waals surface area contributed by atoms with E-state index in [0.29, 0.717) is 0 Å². The van der Waals surface area contributed by atoms with Gasteiger partial charge in [-0.05, 0) is 54.3 Å². The van der Waals surface area contributed by atoms with Gasteiger partial charge in [0, 0.05) is 45.8 Å². The average molecular weight is 414 g/mol. The van der Waals surface area contributed by atoms with E-state index in [4.69, 9.17) is 0 Å². The summed E-state index contributed by atoms with van der Waals surface area (Å²) in [5, 5.41) is 11.1. The molecule has 158 valence electrons. The molecule has 0 aliphatic carbocycles. The van der Waals surface area contributed by atoms with Gasteiger partial charge >= 0.3 is 0 Å². The van der Waals surface area contributed by atoms with E-state index in [-0.39, 0.29) is 0 Å². The van der Waals surface area contributed by atoms with Gasteiger partial charge in [-0.2, -0.15) is 11.3 Å². The van der Waals surface area contributed by atoms with Gasteiger partial charge in [-0.25, -0.2) is 4.99 Å². The molecule has 0 radical (unpaired) electrons. The van der Waals surface area contributed by atoms with Crippen molar-refractivity contribution in [2.24, 2.45) is 4.99 Å². The largest absolute Gasteiger partial charge is 0.357 e. The number of rotatable bonds is 10. The molecule has 0 spiro atoms. The van der Waals surface area contributed by atoms with Crippen LogP contribution in [0.2, 0.25) is 0 Å². The normalized spacial score (nSPS) is 16.1. The zero-order valence-corrected chi connectivity index (χ0v) is 18.5. The van der Waals surface area contributed by atoms with Crippen molar-refractivity contribution in [3.05, 3.63) is 58.3 Å². The molecule has 1 aromatic carbocycles. The van der Waals surface area contributed by atoms with Crippen LogP contribution in [0.5, 0.6) is 0 Å². The quantitative estimate of drug-likeness (QED) is 0.356. The minimum Gasteiger partial charge on any atom is -0.357 e. The number of benzene rings is 1. The Bertz CT molecular complexity index is 693. The second-order valence-electron chi connectivity index (χ2n) is 7.56. The Morgan fingerprint density at radius 2 is 1.76 bits per heavy atom. The molecule has 2 heterocycles. The lowest BCUT2D eigenvalue weighted by Crippen LogP contribution is -2.46. The summed E-state index contributed by atoms with van der Waals surface area (Å²) in [4.78, 5) is 9.85. The SMILES string of the molecule is CCNC(=NCc1ccsc1)NCCCCN1CCN(Cc2ccccc2)CC1. The van der Waals surface area contributed by atoms with Crippen molar-refractivity contribution in [1.82, 2.24) is 20.4 Å². The third-order valence-electron chi connectivity index (χ3n) is 5.25. The van der Waals surface area contributed by atoms with Gasteiger partial charge in [-0.15, -0.1) is 0 Å². The molecule has 1 aliphatic heterocycles. The lowest BCUT2D eigenvalue weighted by atomic mass is 10.2. The van der Waals surface area contributed by atoms with Gasteiger partial charge in [-0.3, -0.25) is 4.90 Å². The van der Waals surface area contributed by atoms with E-state index in [1.54, 1.807) is 11.3 Å². The first kappa shape index (κ1) is 21.8. The lowest BCUT2D eigenvalue weighted by molar-refractivity contribution is 0.126. The van der Waals surface area contributed by atoms with E-state index in [9.17, 15) is 0 Å². The summed E-state index contributed by atoms with van der Waals surface area (Å²) in [6.07, 6.45) is 2.41. The number of nitrogens with zero attached hydrogens (tertiary/aromatic N) is 3. The van der Waals surface area contributed by atoms with E-state index >= 15 is 0 Å². The van der Waals surface area contributed by atoms with Crippen LogP contribution in [0, 0.1) is 0 Å². The fourth-order valence-electron chi connectivity index (χ4n) is 3.57. The number of piperazine rings is 1. The summed E-state index contributed by atoms with van der Waals surface area (Å²) >= 11 is 1.73. The zero-order valence-electron chi connectivity index (χ0n) is 17.6. The summed E-state index contributed by atoms with van der Waals surface area (Å²) in [5.74, 6) is 0.924. The van der Waals surface area contributed by atoms with Crippen molar-refractivity contribution >= 4 is 17.3 Å². The van der Waals surface area contributed by atoms with Crippen LogP contribution < -0.4 is 10.6 Å². The van der Waals surface area contributed by atoms with Crippen molar-refractivity contribution in [2.75, 3.05) is 45.8 Å². The zero-order chi connectivity index (χ0) is 20.2. The molecule has 1 aromatic heterocycles. The van der Waals surface area contributed by atoms with Crippen LogP contribution in [0.4, 0.5) is 0 Å². The second-order valence-corrected chi connectivity index (χ2v) is 8.34. The molecule has 0 unspecified atom stereocenters. The average Bonchev–Trinajstić information content (AvgIpc) is 3.27. The first-order valence-electron chi connectivity index (χ1n) is 10.9. The Balaban J connectivity index is 1.27. The molecule has 1 aliphatic rings. The van der Waals surface area contributed by atoms with Gasteiger partial charge in [0.1, 0.15) is 0 Å². The molecule has 5 nitrogen and oxygen atoms in total. The van der Waals surface area contributed by atoms with Gasteiger partial charge in [0.25, 0.3) is 0 Å². The third kappa shape index (κ3) is 8.17. The number of aliphatic imine (C=N–C) groups is 1. The van der Waals surface area contributed by atoms with Gasteiger partial charge in [-0.1, -0.05) is 30.3 Å². The first-order valence-corrected chi connectivity index (χ1v) is 11.8. The summed E-state index contributed by atoms with van der Waals surface area (Å²) in [6.45, 7) is 11.7. The van der Waals surface area contributed by atoms with Crippen LogP contribution in [-0.2, 0) is 13.1 Å². The maximum absolute atomic E-state index is 4.67. The fraction of sp³-hybridized carbons (Fsp3) is 0.522. The Morgan fingerprint density at radius 3 is 2.48 bits per heavy atom. The molecule has 0 bridgehead atoms. The molecule has 6 heteroatoms. The molecular weight excluding hydrogens is 378 g/mol. The van der Waals surface area contributed by atoms with Crippen LogP contribution in [0.25, 0.3) is 0 Å². The predicted octanol–water partition coefficient (Wildman–Crippen LogP) is 3.40. The third-order valence-corrected chi connectivity index (χ3v) is 5.98. The summed E-state index contributed by atoms with van der Waals surface area (Å²) in [5.41, 5.74) is 2.70. The Kier molecular flexibility index (Phi) is 9.50. The van der Waals surface area contributed by atoms with Crippen LogP contribution in [0.1, 0.15) is 30.9 Å². The highest BCUT2D eigenvalue weighted by molar-refractivity contribution is 7.07. The van der Waals surface area contributed by atoms with Gasteiger partial charge in [0.05, 0.1) is 6.54 Å². The highest BCUT2D eigenvalue weighted by Crippen LogP contribution is 2.09. The molecule has 3 rings (SSSR count). The van der Waals surface area contributed by atoms with Crippen molar-refractivity contribution in [1.29, 1.82) is 0 Å². The molecule has 0 amide bonds. The number of nitrogens with one attached hydrogen (secondary N) is 2. The van der Waals surface area contributed by atoms with Crippen molar-refractivity contribution < 1.29 is 0 Å². The van der Waals surface area contributed by atoms with E-state index in [0.717, 1.165) is 32.1 Å². The Morgan fingerprint density at radius 1 is 0.966 bits per heavy atom. The topological polar surface area (TPSA) is 42.9 Å². The second kappa shape index (κ2) is 12.6. The number of guanidine groups is 1. The van der Waals surface area contributed by atoms with E-state index < -0.39 is 0 Å². The van der Waals surface area contributed by atoms with Crippen LogP contribution in [0.3, 0.4) is 0 Å². The van der Waals surface area contributed by atoms with Crippen molar-refractivity contribution in [3.63, 3.8) is 0 Å². The Hall–Kier alpha value is -1.89. The maximum atomic E-state index is 4.67. The molecule has 0 atom stereocenters. The molecular formula is C23H35N5S. The summed E-state index contributed by atoms with van der Waals surface area (Å²) in [6, 6.07) is 12.9. The van der Waals surface area contributed by atoms with Crippen molar-refractivity contribution in [3.8, 4) is 0 Å². The molecule has 29 heavy (non-hydrogen) atoms. The number of hydrogen-bond donors (Lipinski definition) is 2. The summed E-state index contributed by atoms with van der Waals surface area (Å²) < 4.78 is 0. The fourth-order valence-corrected chi connectivity index (χ4v) is 4.23. The monoisotopic (exact) mass is 413 g/mol. The highest BCUT2D eigenvalue weighted by atomic mass is 32.1. The van der Waals surface area contributed by atoms with Gasteiger partial charge in [0.15, 0.2) is 5.96 Å². The van der Waals surface area contributed by atoms with Gasteiger partial charge in [0.2, 0.25) is 0 Å². The van der Waals surface area contributed by atoms with E-state index in [2.05, 4.69) is 79.5 Å². The molecule has 2 aromatic rings. The lowest BCUT2D eigenvalue weighted by Gasteiger charge is -2.34. The number of unbranched alkanes of at least 4 members (excludes halogenated alkanes) is 1. The standard InChI is InChI=1S/C23H35N5S/c1-2-24-23(26-18-22-10-17-29-20-22)25-11-6-7-12-27-13-15-28(16-14-27)19-21-8-4-3-5-9-21/h3-5,8-10,17,20H,2,6-7,11-16,18-19H2,1H3,(H2,24,25,26). The first-order chi connectivity index (χ1) is 14.3. The molecule has 1 fully saturated rings. The predicted molar refractivity (Wildman–Crippen MR) is 125 cm³/mol. The van der Waals surface area contributed by atoms with Crippen LogP contribution >= 0.6 is 11.3 Å². The molecule has 2 N–H and O–H groups in total. The Labute approximate surface area is 179 Å². The van der Waals surface area contributed by atoms with Crippen LogP contribution in [-0.4, -0.2) is 61.6 Å². The number of thiophene rings is 1. The van der Waals surface area contributed by atoms with Gasteiger partial charge < -0.3 is 15.5 Å².